The minimum atomic E-state index is 0.624. The number of ether oxygens (including phenoxy) is 1. The Hall–Kier alpha value is -1.59. The first-order valence-corrected chi connectivity index (χ1v) is 8.74. The normalized spacial score (nSPS) is 23.3. The summed E-state index contributed by atoms with van der Waals surface area (Å²) in [4.78, 5) is 8.06. The minimum Gasteiger partial charge on any atom is -0.492 e. The number of hydrogen-bond acceptors (Lipinski definition) is 5. The van der Waals surface area contributed by atoms with Gasteiger partial charge in [0.25, 0.3) is 0 Å². The first kappa shape index (κ1) is 14.0. The van der Waals surface area contributed by atoms with Crippen LogP contribution in [0.5, 0.6) is 5.75 Å². The fourth-order valence-electron chi connectivity index (χ4n) is 2.63. The lowest BCUT2D eigenvalue weighted by molar-refractivity contribution is 0.292. The number of anilines is 2. The molecule has 1 N–H and O–H groups in total. The molecule has 2 atom stereocenters. The van der Waals surface area contributed by atoms with Crippen molar-refractivity contribution in [1.82, 2.24) is 9.88 Å². The lowest BCUT2D eigenvalue weighted by atomic mass is 10.3. The zero-order valence-electron chi connectivity index (χ0n) is 12.8. The zero-order chi connectivity index (χ0) is 14.9. The van der Waals surface area contributed by atoms with Crippen LogP contribution in [0.4, 0.5) is 10.8 Å². The molecular formula is C17H21N3OS. The Balaban J connectivity index is 1.29. The minimum absolute atomic E-state index is 0.624. The average molecular weight is 315 g/mol. The summed E-state index contributed by atoms with van der Waals surface area (Å²) in [5, 5.41) is 4.25. The van der Waals surface area contributed by atoms with Crippen molar-refractivity contribution in [3.8, 4) is 5.75 Å². The molecule has 0 bridgehead atoms. The molecule has 22 heavy (non-hydrogen) atoms. The van der Waals surface area contributed by atoms with Gasteiger partial charge in [-0.1, -0.05) is 6.07 Å². The van der Waals surface area contributed by atoms with Crippen molar-refractivity contribution < 1.29 is 4.74 Å². The average Bonchev–Trinajstić information content (AvgIpc) is 3.42. The number of rotatable bonds is 7. The molecule has 1 saturated carbocycles. The fourth-order valence-corrected chi connectivity index (χ4v) is 3.31. The van der Waals surface area contributed by atoms with Gasteiger partial charge in [0.1, 0.15) is 12.4 Å². The van der Waals surface area contributed by atoms with Gasteiger partial charge in [-0.25, -0.2) is 4.98 Å². The Morgan fingerprint density at radius 3 is 3.09 bits per heavy atom. The highest BCUT2D eigenvalue weighted by Gasteiger charge is 2.38. The molecule has 116 valence electrons. The third-order valence-electron chi connectivity index (χ3n) is 4.17. The first-order chi connectivity index (χ1) is 10.8. The first-order valence-electron chi connectivity index (χ1n) is 7.92. The third-order valence-corrected chi connectivity index (χ3v) is 4.99. The van der Waals surface area contributed by atoms with Gasteiger partial charge in [-0.15, -0.1) is 11.3 Å². The van der Waals surface area contributed by atoms with Gasteiger partial charge in [0.2, 0.25) is 0 Å². The molecule has 4 nitrogen and oxygen atoms in total. The topological polar surface area (TPSA) is 37.2 Å². The van der Waals surface area contributed by atoms with Gasteiger partial charge in [-0.05, 0) is 37.8 Å². The van der Waals surface area contributed by atoms with Crippen LogP contribution in [0, 0.1) is 12.8 Å². The van der Waals surface area contributed by atoms with Crippen molar-refractivity contribution >= 4 is 22.2 Å². The maximum Gasteiger partial charge on any atom is 0.187 e. The van der Waals surface area contributed by atoms with Gasteiger partial charge >= 0.3 is 0 Å². The molecule has 5 heteroatoms. The monoisotopic (exact) mass is 315 g/mol. The number of nitrogens with one attached hydrogen (secondary N) is 1. The van der Waals surface area contributed by atoms with Crippen LogP contribution in [-0.4, -0.2) is 35.6 Å². The van der Waals surface area contributed by atoms with Crippen molar-refractivity contribution in [3.05, 3.63) is 35.3 Å². The van der Waals surface area contributed by atoms with Gasteiger partial charge in [-0.2, -0.15) is 0 Å². The molecule has 4 rings (SSSR count). The lowest BCUT2D eigenvalue weighted by Gasteiger charge is -2.09. The second-order valence-electron chi connectivity index (χ2n) is 6.29. The maximum atomic E-state index is 5.95. The molecule has 1 aliphatic heterocycles. The van der Waals surface area contributed by atoms with Crippen LogP contribution in [-0.2, 0) is 0 Å². The van der Waals surface area contributed by atoms with Crippen LogP contribution in [0.25, 0.3) is 0 Å². The van der Waals surface area contributed by atoms with E-state index in [1.165, 1.54) is 30.8 Å². The molecule has 2 aliphatic rings. The van der Waals surface area contributed by atoms with Crippen molar-refractivity contribution in [1.29, 1.82) is 0 Å². The van der Waals surface area contributed by atoms with Crippen LogP contribution in [0.3, 0.4) is 0 Å². The predicted molar refractivity (Wildman–Crippen MR) is 90.2 cm³/mol. The second-order valence-corrected chi connectivity index (χ2v) is 7.53. The Kier molecular flexibility index (Phi) is 3.76. The van der Waals surface area contributed by atoms with Crippen LogP contribution in [0.2, 0.25) is 0 Å². The number of aromatic nitrogens is 1. The highest BCUT2D eigenvalue weighted by atomic mass is 32.1. The molecular weight excluding hydrogens is 294 g/mol. The van der Waals surface area contributed by atoms with E-state index in [2.05, 4.69) is 22.1 Å². The van der Waals surface area contributed by atoms with E-state index in [1.807, 2.05) is 30.5 Å². The van der Waals surface area contributed by atoms with Crippen LogP contribution < -0.4 is 10.1 Å². The van der Waals surface area contributed by atoms with Gasteiger partial charge in [0.05, 0.1) is 6.04 Å². The highest BCUT2D eigenvalue weighted by molar-refractivity contribution is 7.15. The summed E-state index contributed by atoms with van der Waals surface area (Å²) in [6.07, 6.45) is 4.73. The molecule has 2 fully saturated rings. The van der Waals surface area contributed by atoms with E-state index in [1.54, 1.807) is 11.3 Å². The molecule has 1 aliphatic carbocycles. The number of nitrogens with zero attached hydrogens (tertiary/aromatic N) is 2. The van der Waals surface area contributed by atoms with E-state index in [0.717, 1.165) is 29.1 Å². The number of aryl methyl sites for hydroxylation is 1. The van der Waals surface area contributed by atoms with Crippen molar-refractivity contribution in [2.45, 2.75) is 25.8 Å². The molecule has 2 aromatic rings. The van der Waals surface area contributed by atoms with Crippen LogP contribution >= 0.6 is 11.3 Å². The van der Waals surface area contributed by atoms with Crippen molar-refractivity contribution in [2.24, 2.45) is 5.92 Å². The Bertz CT molecular complexity index is 653. The fraction of sp³-hybridized carbons (Fsp3) is 0.471. The van der Waals surface area contributed by atoms with E-state index in [4.69, 9.17) is 4.74 Å². The van der Waals surface area contributed by atoms with Gasteiger partial charge < -0.3 is 10.1 Å². The molecule has 1 saturated heterocycles. The molecule has 0 radical (unpaired) electrons. The predicted octanol–water partition coefficient (Wildman–Crippen LogP) is 3.67. The maximum absolute atomic E-state index is 5.95. The summed E-state index contributed by atoms with van der Waals surface area (Å²) < 4.78 is 5.95. The van der Waals surface area contributed by atoms with Crippen molar-refractivity contribution in [3.63, 3.8) is 0 Å². The number of hydrogen-bond donors (Lipinski definition) is 1. The van der Waals surface area contributed by atoms with E-state index >= 15 is 0 Å². The van der Waals surface area contributed by atoms with Crippen molar-refractivity contribution in [2.75, 3.05) is 25.0 Å². The van der Waals surface area contributed by atoms with E-state index in [0.29, 0.717) is 6.04 Å². The summed E-state index contributed by atoms with van der Waals surface area (Å²) in [5.74, 6) is 1.90. The standard InChI is InChI=1S/C17H21N3OS/c1-12-8-18-17(22-12)19-14-3-2-4-16(7-14)21-11-15-10-20(15)9-13-5-6-13/h2-4,7-8,13,15H,5-6,9-11H2,1H3,(H,18,19). The van der Waals surface area contributed by atoms with E-state index in [9.17, 15) is 0 Å². The largest absolute Gasteiger partial charge is 0.492 e. The third kappa shape index (κ3) is 3.59. The summed E-state index contributed by atoms with van der Waals surface area (Å²) in [6.45, 7) is 5.34. The summed E-state index contributed by atoms with van der Waals surface area (Å²) in [5.41, 5.74) is 1.03. The Morgan fingerprint density at radius 2 is 2.32 bits per heavy atom. The lowest BCUT2D eigenvalue weighted by Crippen LogP contribution is -2.12. The quantitative estimate of drug-likeness (QED) is 0.791. The summed E-state index contributed by atoms with van der Waals surface area (Å²) in [7, 11) is 0. The molecule has 1 aromatic carbocycles. The summed E-state index contributed by atoms with van der Waals surface area (Å²) in [6, 6.07) is 8.75. The molecule has 0 amide bonds. The van der Waals surface area contributed by atoms with Crippen LogP contribution in [0.15, 0.2) is 30.5 Å². The number of thiazole rings is 1. The Morgan fingerprint density at radius 1 is 1.41 bits per heavy atom. The highest BCUT2D eigenvalue weighted by Crippen LogP contribution is 2.33. The Labute approximate surface area is 135 Å². The SMILES string of the molecule is Cc1cnc(Nc2cccc(OCC3CN3CC3CC3)c2)s1. The smallest absolute Gasteiger partial charge is 0.187 e. The van der Waals surface area contributed by atoms with Crippen LogP contribution in [0.1, 0.15) is 17.7 Å². The molecule has 0 spiro atoms. The molecule has 1 aromatic heterocycles. The number of benzene rings is 1. The van der Waals surface area contributed by atoms with Gasteiger partial charge in [0.15, 0.2) is 5.13 Å². The second kappa shape index (κ2) is 5.89. The van der Waals surface area contributed by atoms with E-state index in [-0.39, 0.29) is 0 Å². The van der Waals surface area contributed by atoms with E-state index < -0.39 is 0 Å². The molecule has 2 heterocycles. The van der Waals surface area contributed by atoms with Gasteiger partial charge in [-0.3, -0.25) is 4.90 Å². The zero-order valence-corrected chi connectivity index (χ0v) is 13.6. The molecule has 2 unspecified atom stereocenters. The van der Waals surface area contributed by atoms with Gasteiger partial charge in [0, 0.05) is 35.9 Å². The summed E-state index contributed by atoms with van der Waals surface area (Å²) >= 11 is 1.66.